The highest BCUT2D eigenvalue weighted by molar-refractivity contribution is 5.24. The van der Waals surface area contributed by atoms with Gasteiger partial charge in [-0.05, 0) is 48.6 Å². The average molecular weight is 249 g/mol. The third kappa shape index (κ3) is 2.06. The highest BCUT2D eigenvalue weighted by Gasteiger charge is 2.48. The highest BCUT2D eigenvalue weighted by atomic mass is 19.1. The molecule has 2 saturated carbocycles. The van der Waals surface area contributed by atoms with E-state index in [-0.39, 0.29) is 11.7 Å². The van der Waals surface area contributed by atoms with Gasteiger partial charge in [0, 0.05) is 12.5 Å². The van der Waals surface area contributed by atoms with Crippen LogP contribution in [0.1, 0.15) is 30.7 Å². The number of aliphatic hydroxyl groups is 1. The van der Waals surface area contributed by atoms with E-state index < -0.39 is 6.10 Å². The number of aliphatic hydroxyl groups excluding tert-OH is 1. The van der Waals surface area contributed by atoms with Crippen LogP contribution in [0.4, 0.5) is 4.39 Å². The van der Waals surface area contributed by atoms with Gasteiger partial charge in [0.05, 0.1) is 6.10 Å². The van der Waals surface area contributed by atoms with Gasteiger partial charge in [-0.1, -0.05) is 18.2 Å². The van der Waals surface area contributed by atoms with Crippen molar-refractivity contribution in [3.8, 4) is 0 Å². The van der Waals surface area contributed by atoms with E-state index in [1.807, 2.05) is 0 Å². The molecular formula is C15H20FNO. The van der Waals surface area contributed by atoms with Crippen LogP contribution in [0, 0.1) is 23.6 Å². The molecule has 0 heterocycles. The van der Waals surface area contributed by atoms with Crippen LogP contribution in [-0.2, 0) is 0 Å². The van der Waals surface area contributed by atoms with Crippen LogP contribution in [0.5, 0.6) is 0 Å². The number of rotatable bonds is 4. The quantitative estimate of drug-likeness (QED) is 0.860. The maximum Gasteiger partial charge on any atom is 0.126 e. The summed E-state index contributed by atoms with van der Waals surface area (Å²) in [5, 5.41) is 10.5. The molecule has 0 aliphatic heterocycles. The Kier molecular flexibility index (Phi) is 3.12. The maximum atomic E-state index is 13.8. The minimum Gasteiger partial charge on any atom is -0.392 e. The first-order valence-electron chi connectivity index (χ1n) is 6.83. The lowest BCUT2D eigenvalue weighted by molar-refractivity contribution is 0.0778. The Bertz CT molecular complexity index is 426. The van der Waals surface area contributed by atoms with E-state index in [1.165, 1.54) is 12.5 Å². The smallest absolute Gasteiger partial charge is 0.126 e. The fraction of sp³-hybridized carbons (Fsp3) is 0.600. The Hall–Kier alpha value is -0.930. The second-order valence-electron chi connectivity index (χ2n) is 5.84. The summed E-state index contributed by atoms with van der Waals surface area (Å²) in [6.45, 7) is 0.300. The Balaban J connectivity index is 1.77. The predicted molar refractivity (Wildman–Crippen MR) is 68.5 cm³/mol. The Morgan fingerprint density at radius 2 is 1.89 bits per heavy atom. The zero-order chi connectivity index (χ0) is 12.7. The molecule has 0 bridgehead atoms. The van der Waals surface area contributed by atoms with Gasteiger partial charge in [-0.25, -0.2) is 4.39 Å². The maximum absolute atomic E-state index is 13.8. The Morgan fingerprint density at radius 1 is 1.22 bits per heavy atom. The second-order valence-corrected chi connectivity index (χ2v) is 5.84. The van der Waals surface area contributed by atoms with Crippen molar-refractivity contribution in [3.63, 3.8) is 0 Å². The summed E-state index contributed by atoms with van der Waals surface area (Å²) in [6, 6.07) is 6.66. The molecule has 0 radical (unpaired) electrons. The zero-order valence-corrected chi connectivity index (χ0v) is 10.4. The molecule has 2 nitrogen and oxygen atoms in total. The van der Waals surface area contributed by atoms with Crippen LogP contribution in [-0.4, -0.2) is 17.8 Å². The number of nitrogens with two attached hydrogens (primary N) is 1. The van der Waals surface area contributed by atoms with E-state index in [0.29, 0.717) is 18.0 Å². The van der Waals surface area contributed by atoms with Crippen molar-refractivity contribution < 1.29 is 9.50 Å². The molecule has 0 saturated heterocycles. The molecule has 1 aromatic carbocycles. The van der Waals surface area contributed by atoms with Gasteiger partial charge in [0.25, 0.3) is 0 Å². The van der Waals surface area contributed by atoms with E-state index in [0.717, 1.165) is 24.7 Å². The molecule has 3 rings (SSSR count). The highest BCUT2D eigenvalue weighted by Crippen LogP contribution is 2.56. The van der Waals surface area contributed by atoms with Crippen LogP contribution in [0.2, 0.25) is 0 Å². The summed E-state index contributed by atoms with van der Waals surface area (Å²) in [7, 11) is 0. The second kappa shape index (κ2) is 4.63. The number of benzene rings is 1. The summed E-state index contributed by atoms with van der Waals surface area (Å²) in [4.78, 5) is 0. The normalized spacial score (nSPS) is 32.9. The minimum atomic E-state index is -0.500. The molecule has 3 heteroatoms. The van der Waals surface area contributed by atoms with Gasteiger partial charge in [-0.15, -0.1) is 0 Å². The first-order valence-corrected chi connectivity index (χ1v) is 6.83. The first-order chi connectivity index (χ1) is 8.70. The lowest BCUT2D eigenvalue weighted by Gasteiger charge is -2.28. The van der Waals surface area contributed by atoms with Crippen LogP contribution >= 0.6 is 0 Å². The zero-order valence-electron chi connectivity index (χ0n) is 10.4. The van der Waals surface area contributed by atoms with Gasteiger partial charge < -0.3 is 10.8 Å². The third-order valence-electron chi connectivity index (χ3n) is 4.73. The van der Waals surface area contributed by atoms with Crippen LogP contribution in [0.15, 0.2) is 24.3 Å². The van der Waals surface area contributed by atoms with Crippen molar-refractivity contribution in [3.05, 3.63) is 35.6 Å². The predicted octanol–water partition coefficient (Wildman–Crippen LogP) is 2.28. The van der Waals surface area contributed by atoms with E-state index in [1.54, 1.807) is 18.2 Å². The summed E-state index contributed by atoms with van der Waals surface area (Å²) >= 11 is 0. The van der Waals surface area contributed by atoms with Crippen molar-refractivity contribution in [2.75, 3.05) is 6.54 Å². The molecule has 2 fully saturated rings. The lowest BCUT2D eigenvalue weighted by atomic mass is 9.83. The molecule has 0 aromatic heterocycles. The molecule has 3 N–H and O–H groups in total. The van der Waals surface area contributed by atoms with Gasteiger partial charge in [0.2, 0.25) is 0 Å². The van der Waals surface area contributed by atoms with Crippen molar-refractivity contribution in [2.45, 2.75) is 31.3 Å². The molecule has 2 aliphatic rings. The Morgan fingerprint density at radius 3 is 2.50 bits per heavy atom. The largest absolute Gasteiger partial charge is 0.392 e. The summed E-state index contributed by atoms with van der Waals surface area (Å²) in [5.74, 6) is 1.43. The van der Waals surface area contributed by atoms with E-state index >= 15 is 0 Å². The summed E-state index contributed by atoms with van der Waals surface area (Å²) in [6.07, 6.45) is 3.02. The van der Waals surface area contributed by atoms with Crippen molar-refractivity contribution in [1.82, 2.24) is 0 Å². The van der Waals surface area contributed by atoms with Gasteiger partial charge in [-0.2, -0.15) is 0 Å². The monoisotopic (exact) mass is 249 g/mol. The van der Waals surface area contributed by atoms with E-state index in [4.69, 9.17) is 5.73 Å². The van der Waals surface area contributed by atoms with Crippen LogP contribution in [0.25, 0.3) is 0 Å². The molecule has 0 amide bonds. The van der Waals surface area contributed by atoms with E-state index in [2.05, 4.69) is 0 Å². The average Bonchev–Trinajstić information content (AvgIpc) is 2.99. The summed E-state index contributed by atoms with van der Waals surface area (Å²) < 4.78 is 13.8. The third-order valence-corrected chi connectivity index (χ3v) is 4.73. The summed E-state index contributed by atoms with van der Waals surface area (Å²) in [5.41, 5.74) is 6.32. The molecule has 4 unspecified atom stereocenters. The number of hydrogen-bond acceptors (Lipinski definition) is 2. The molecule has 0 spiro atoms. The lowest BCUT2D eigenvalue weighted by Crippen LogP contribution is -2.32. The molecular weight excluding hydrogens is 229 g/mol. The topological polar surface area (TPSA) is 46.2 Å². The fourth-order valence-corrected chi connectivity index (χ4v) is 3.60. The number of halogens is 1. The Labute approximate surface area is 107 Å². The minimum absolute atomic E-state index is 0.254. The van der Waals surface area contributed by atoms with Gasteiger partial charge in [-0.3, -0.25) is 0 Å². The molecule has 18 heavy (non-hydrogen) atoms. The molecule has 2 aliphatic carbocycles. The van der Waals surface area contributed by atoms with Crippen molar-refractivity contribution in [1.29, 1.82) is 0 Å². The SMILES string of the molecule is NCC(c1ccccc1F)C(O)C1CC2CC2C1. The fourth-order valence-electron chi connectivity index (χ4n) is 3.60. The number of fused-ring (bicyclic) bond motifs is 1. The van der Waals surface area contributed by atoms with Gasteiger partial charge in [0.1, 0.15) is 5.82 Å². The van der Waals surface area contributed by atoms with Crippen LogP contribution in [0.3, 0.4) is 0 Å². The number of hydrogen-bond donors (Lipinski definition) is 2. The van der Waals surface area contributed by atoms with Gasteiger partial charge >= 0.3 is 0 Å². The van der Waals surface area contributed by atoms with Gasteiger partial charge in [0.15, 0.2) is 0 Å². The molecule has 4 atom stereocenters. The standard InChI is InChI=1S/C15H20FNO/c16-14-4-2-1-3-12(14)13(8-17)15(18)11-6-9-5-10(9)7-11/h1-4,9-11,13,15,18H,5-8,17H2. The first kappa shape index (κ1) is 12.1. The van der Waals surface area contributed by atoms with E-state index in [9.17, 15) is 9.50 Å². The van der Waals surface area contributed by atoms with Crippen molar-refractivity contribution in [2.24, 2.45) is 23.5 Å². The van der Waals surface area contributed by atoms with Crippen molar-refractivity contribution >= 4 is 0 Å². The molecule has 98 valence electrons. The molecule has 1 aromatic rings. The van der Waals surface area contributed by atoms with Crippen LogP contribution < -0.4 is 5.73 Å².